The van der Waals surface area contributed by atoms with Gasteiger partial charge >= 0.3 is 6.18 Å². The van der Waals surface area contributed by atoms with Gasteiger partial charge in [0, 0.05) is 36.9 Å². The molecule has 0 amide bonds. The van der Waals surface area contributed by atoms with Crippen LogP contribution < -0.4 is 10.2 Å². The summed E-state index contributed by atoms with van der Waals surface area (Å²) in [6.07, 6.45) is -1.60. The first-order valence-corrected chi connectivity index (χ1v) is 7.62. The van der Waals surface area contributed by atoms with Gasteiger partial charge in [0.25, 0.3) is 0 Å². The van der Waals surface area contributed by atoms with E-state index in [-0.39, 0.29) is 12.5 Å². The lowest BCUT2D eigenvalue weighted by Crippen LogP contribution is -2.19. The summed E-state index contributed by atoms with van der Waals surface area (Å²) in [5, 5.41) is 3.30. The Balaban J connectivity index is 1.83. The molecule has 21 heavy (non-hydrogen) atoms. The molecule has 0 spiro atoms. The summed E-state index contributed by atoms with van der Waals surface area (Å²) in [4.78, 5) is 2.35. The largest absolute Gasteiger partial charge is 0.389 e. The molecular formula is C16H23F3N2. The highest BCUT2D eigenvalue weighted by Crippen LogP contribution is 2.25. The minimum atomic E-state index is -4.05. The molecule has 1 aliphatic rings. The number of rotatable bonds is 6. The molecule has 1 aliphatic heterocycles. The van der Waals surface area contributed by atoms with E-state index >= 15 is 0 Å². The molecule has 1 saturated heterocycles. The van der Waals surface area contributed by atoms with Gasteiger partial charge in [0.2, 0.25) is 0 Å². The molecule has 2 nitrogen and oxygen atoms in total. The number of alkyl halides is 3. The van der Waals surface area contributed by atoms with Gasteiger partial charge in [-0.15, -0.1) is 0 Å². The molecule has 1 atom stereocenters. The fourth-order valence-electron chi connectivity index (χ4n) is 2.73. The van der Waals surface area contributed by atoms with Crippen molar-refractivity contribution in [2.75, 3.05) is 23.3 Å². The number of halogens is 3. The molecule has 1 aromatic rings. The van der Waals surface area contributed by atoms with Crippen LogP contribution in [0.1, 0.15) is 39.0 Å². The zero-order valence-electron chi connectivity index (χ0n) is 12.4. The molecule has 1 heterocycles. The molecule has 1 unspecified atom stereocenters. The van der Waals surface area contributed by atoms with Gasteiger partial charge in [0.1, 0.15) is 0 Å². The van der Waals surface area contributed by atoms with Crippen molar-refractivity contribution in [1.29, 1.82) is 0 Å². The number of anilines is 2. The van der Waals surface area contributed by atoms with Crippen molar-refractivity contribution in [3.63, 3.8) is 0 Å². The smallest absolute Gasteiger partial charge is 0.383 e. The van der Waals surface area contributed by atoms with Gasteiger partial charge in [-0.3, -0.25) is 0 Å². The maximum Gasteiger partial charge on any atom is 0.389 e. The van der Waals surface area contributed by atoms with E-state index in [9.17, 15) is 13.2 Å². The first-order chi connectivity index (χ1) is 9.94. The quantitative estimate of drug-likeness (QED) is 0.810. The maximum absolute atomic E-state index is 12.1. The lowest BCUT2D eigenvalue weighted by molar-refractivity contribution is -0.135. The fraction of sp³-hybridized carbons (Fsp3) is 0.625. The molecule has 0 bridgehead atoms. The molecule has 118 valence electrons. The Morgan fingerprint density at radius 1 is 1.24 bits per heavy atom. The predicted octanol–water partition coefficient (Wildman–Crippen LogP) is 4.82. The third-order valence-corrected chi connectivity index (χ3v) is 3.83. The molecule has 0 saturated carbocycles. The summed E-state index contributed by atoms with van der Waals surface area (Å²) >= 11 is 0. The summed E-state index contributed by atoms with van der Waals surface area (Å²) in [7, 11) is 0. The number of benzene rings is 1. The van der Waals surface area contributed by atoms with Crippen LogP contribution in [0.5, 0.6) is 0 Å². The minimum absolute atomic E-state index is 0.0428. The summed E-state index contributed by atoms with van der Waals surface area (Å²) in [6, 6.07) is 8.19. The van der Waals surface area contributed by atoms with Gasteiger partial charge < -0.3 is 10.2 Å². The van der Waals surface area contributed by atoms with Crippen LogP contribution in [0.2, 0.25) is 0 Å². The first-order valence-electron chi connectivity index (χ1n) is 7.62. The molecule has 5 heteroatoms. The van der Waals surface area contributed by atoms with Crippen molar-refractivity contribution >= 4 is 11.4 Å². The Morgan fingerprint density at radius 3 is 2.62 bits per heavy atom. The monoisotopic (exact) mass is 300 g/mol. The van der Waals surface area contributed by atoms with Gasteiger partial charge in [-0.2, -0.15) is 13.2 Å². The third-order valence-electron chi connectivity index (χ3n) is 3.83. The number of hydrogen-bond donors (Lipinski definition) is 1. The average Bonchev–Trinajstić information content (AvgIpc) is 2.91. The first kappa shape index (κ1) is 16.0. The Labute approximate surface area is 124 Å². The topological polar surface area (TPSA) is 15.3 Å². The highest BCUT2D eigenvalue weighted by Gasteiger charge is 2.26. The van der Waals surface area contributed by atoms with Crippen LogP contribution >= 0.6 is 0 Å². The second-order valence-electron chi connectivity index (χ2n) is 5.80. The van der Waals surface area contributed by atoms with Crippen molar-refractivity contribution in [3.05, 3.63) is 24.3 Å². The van der Waals surface area contributed by atoms with Crippen molar-refractivity contribution in [3.8, 4) is 0 Å². The SMILES string of the molecule is CC(CCCC(F)(F)F)Nc1cccc(N2CCCC2)c1. The van der Waals surface area contributed by atoms with Gasteiger partial charge in [-0.1, -0.05) is 6.07 Å². The fourth-order valence-corrected chi connectivity index (χ4v) is 2.73. The Bertz CT molecular complexity index is 439. The van der Waals surface area contributed by atoms with E-state index in [4.69, 9.17) is 0 Å². The van der Waals surface area contributed by atoms with Crippen molar-refractivity contribution in [2.24, 2.45) is 0 Å². The predicted molar refractivity (Wildman–Crippen MR) is 80.9 cm³/mol. The van der Waals surface area contributed by atoms with Crippen LogP contribution in [0.3, 0.4) is 0 Å². The number of nitrogens with one attached hydrogen (secondary N) is 1. The van der Waals surface area contributed by atoms with Crippen molar-refractivity contribution in [1.82, 2.24) is 0 Å². The van der Waals surface area contributed by atoms with E-state index in [2.05, 4.69) is 22.3 Å². The Kier molecular flexibility index (Phi) is 5.37. The Hall–Kier alpha value is -1.39. The maximum atomic E-state index is 12.1. The highest BCUT2D eigenvalue weighted by atomic mass is 19.4. The van der Waals surface area contributed by atoms with Crippen LogP contribution in [0.4, 0.5) is 24.5 Å². The molecule has 0 aliphatic carbocycles. The Morgan fingerprint density at radius 2 is 1.95 bits per heavy atom. The van der Waals surface area contributed by atoms with Crippen LogP contribution in [0.25, 0.3) is 0 Å². The molecule has 2 rings (SSSR count). The second kappa shape index (κ2) is 7.05. The zero-order valence-corrected chi connectivity index (χ0v) is 12.4. The van der Waals surface area contributed by atoms with E-state index in [1.165, 1.54) is 18.5 Å². The van der Waals surface area contributed by atoms with Gasteiger partial charge in [0.15, 0.2) is 0 Å². The van der Waals surface area contributed by atoms with E-state index in [0.29, 0.717) is 6.42 Å². The normalized spacial score (nSPS) is 17.0. The van der Waals surface area contributed by atoms with Crippen molar-refractivity contribution in [2.45, 2.75) is 51.2 Å². The van der Waals surface area contributed by atoms with Crippen molar-refractivity contribution < 1.29 is 13.2 Å². The average molecular weight is 300 g/mol. The molecule has 1 N–H and O–H groups in total. The lowest BCUT2D eigenvalue weighted by Gasteiger charge is -2.20. The molecule has 0 radical (unpaired) electrons. The van der Waals surface area contributed by atoms with E-state index < -0.39 is 12.6 Å². The van der Waals surface area contributed by atoms with Gasteiger partial charge in [0.05, 0.1) is 0 Å². The van der Waals surface area contributed by atoms with E-state index in [0.717, 1.165) is 18.8 Å². The number of nitrogens with zero attached hydrogens (tertiary/aromatic N) is 1. The molecular weight excluding hydrogens is 277 g/mol. The van der Waals surface area contributed by atoms with E-state index in [1.54, 1.807) is 0 Å². The van der Waals surface area contributed by atoms with Crippen LogP contribution in [0, 0.1) is 0 Å². The van der Waals surface area contributed by atoms with Crippen LogP contribution in [-0.2, 0) is 0 Å². The van der Waals surface area contributed by atoms with Crippen LogP contribution in [0.15, 0.2) is 24.3 Å². The second-order valence-corrected chi connectivity index (χ2v) is 5.80. The summed E-state index contributed by atoms with van der Waals surface area (Å²) in [5.41, 5.74) is 2.18. The van der Waals surface area contributed by atoms with Crippen LogP contribution in [-0.4, -0.2) is 25.3 Å². The van der Waals surface area contributed by atoms with Gasteiger partial charge in [-0.05, 0) is 50.8 Å². The lowest BCUT2D eigenvalue weighted by atomic mass is 10.1. The number of hydrogen-bond acceptors (Lipinski definition) is 2. The zero-order chi connectivity index (χ0) is 15.3. The summed E-state index contributed by atoms with van der Waals surface area (Å²) < 4.78 is 36.4. The van der Waals surface area contributed by atoms with Gasteiger partial charge in [-0.25, -0.2) is 0 Å². The minimum Gasteiger partial charge on any atom is -0.383 e. The van der Waals surface area contributed by atoms with E-state index in [1.807, 2.05) is 19.1 Å². The summed E-state index contributed by atoms with van der Waals surface area (Å²) in [5.74, 6) is 0. The molecule has 1 aromatic carbocycles. The standard InChI is InChI=1S/C16H23F3N2/c1-13(6-5-9-16(17,18)19)20-14-7-4-8-15(12-14)21-10-2-3-11-21/h4,7-8,12-13,20H,2-3,5-6,9-11H2,1H3. The molecule has 0 aromatic heterocycles. The summed E-state index contributed by atoms with van der Waals surface area (Å²) in [6.45, 7) is 4.11. The third kappa shape index (κ3) is 5.48. The molecule has 1 fully saturated rings. The highest BCUT2D eigenvalue weighted by molar-refractivity contribution is 5.58.